The number of carbonyl (C=O) groups excluding carboxylic acids is 1. The highest BCUT2D eigenvalue weighted by atomic mass is 35.5. The zero-order chi connectivity index (χ0) is 23.6. The average molecular weight is 488 g/mol. The first-order chi connectivity index (χ1) is 15.1. The zero-order valence-corrected chi connectivity index (χ0v) is 17.7. The number of carbonyl (C=O) groups is 2. The number of hydrogen-bond donors (Lipinski definition) is 6. The molecule has 0 radical (unpaired) electrons. The average Bonchev–Trinajstić information content (AvgIpc) is 2.72. The Labute approximate surface area is 191 Å². The van der Waals surface area contributed by atoms with Crippen molar-refractivity contribution >= 4 is 46.5 Å². The molecule has 1 aliphatic heterocycles. The number of aromatic hydroxyl groups is 1. The SMILES string of the molecule is O=C(Cc1ccccc1Nc1c(Cl)cc(O)cc1Cl)OC1OC(C(=O)O)C(O)C(O)C1O. The molecular weight excluding hydrogens is 469 g/mol. The molecule has 2 aromatic carbocycles. The first kappa shape index (κ1) is 24.1. The molecule has 0 saturated carbocycles. The van der Waals surface area contributed by atoms with Gasteiger partial charge in [0.2, 0.25) is 6.29 Å². The lowest BCUT2D eigenvalue weighted by atomic mass is 9.99. The molecule has 1 fully saturated rings. The minimum atomic E-state index is -1.90. The van der Waals surface area contributed by atoms with E-state index >= 15 is 0 Å². The minimum Gasteiger partial charge on any atom is -0.508 e. The fourth-order valence-electron chi connectivity index (χ4n) is 3.09. The Morgan fingerprint density at radius 3 is 2.28 bits per heavy atom. The van der Waals surface area contributed by atoms with Crippen LogP contribution in [0.15, 0.2) is 36.4 Å². The Kier molecular flexibility index (Phi) is 7.44. The van der Waals surface area contributed by atoms with Gasteiger partial charge in [-0.1, -0.05) is 41.4 Å². The molecule has 12 heteroatoms. The fraction of sp³-hybridized carbons (Fsp3) is 0.300. The van der Waals surface area contributed by atoms with E-state index in [0.29, 0.717) is 16.9 Å². The molecule has 0 aromatic heterocycles. The number of para-hydroxylation sites is 1. The number of ether oxygens (including phenoxy) is 2. The van der Waals surface area contributed by atoms with Gasteiger partial charge in [-0.25, -0.2) is 4.79 Å². The van der Waals surface area contributed by atoms with Crippen LogP contribution in [-0.4, -0.2) is 68.2 Å². The summed E-state index contributed by atoms with van der Waals surface area (Å²) in [6.45, 7) is 0. The number of hydrogen-bond acceptors (Lipinski definition) is 9. The summed E-state index contributed by atoms with van der Waals surface area (Å²) in [5, 5.41) is 51.4. The fourth-order valence-corrected chi connectivity index (χ4v) is 3.66. The van der Waals surface area contributed by atoms with E-state index in [1.165, 1.54) is 12.1 Å². The minimum absolute atomic E-state index is 0.125. The number of rotatable bonds is 6. The lowest BCUT2D eigenvalue weighted by Gasteiger charge is -2.37. The molecule has 1 heterocycles. The van der Waals surface area contributed by atoms with E-state index in [4.69, 9.17) is 37.8 Å². The molecule has 5 atom stereocenters. The van der Waals surface area contributed by atoms with Crippen LogP contribution in [0.2, 0.25) is 10.0 Å². The second-order valence-electron chi connectivity index (χ2n) is 6.97. The van der Waals surface area contributed by atoms with Crippen LogP contribution in [0.25, 0.3) is 0 Å². The van der Waals surface area contributed by atoms with Crippen LogP contribution in [0.5, 0.6) is 5.75 Å². The van der Waals surface area contributed by atoms with Gasteiger partial charge in [0.25, 0.3) is 0 Å². The topological polar surface area (TPSA) is 166 Å². The monoisotopic (exact) mass is 487 g/mol. The number of esters is 1. The smallest absolute Gasteiger partial charge is 0.335 e. The van der Waals surface area contributed by atoms with Gasteiger partial charge in [0.15, 0.2) is 6.10 Å². The van der Waals surface area contributed by atoms with Crippen LogP contribution < -0.4 is 5.32 Å². The summed E-state index contributed by atoms with van der Waals surface area (Å²) in [7, 11) is 0. The molecule has 0 spiro atoms. The molecule has 6 N–H and O–H groups in total. The van der Waals surface area contributed by atoms with Crippen LogP contribution in [0.1, 0.15) is 5.56 Å². The molecule has 172 valence electrons. The molecule has 32 heavy (non-hydrogen) atoms. The summed E-state index contributed by atoms with van der Waals surface area (Å²) in [5.41, 5.74) is 1.15. The Morgan fingerprint density at radius 1 is 1.03 bits per heavy atom. The van der Waals surface area contributed by atoms with Crippen molar-refractivity contribution in [3.05, 3.63) is 52.0 Å². The van der Waals surface area contributed by atoms with E-state index in [0.717, 1.165) is 0 Å². The molecule has 0 bridgehead atoms. The number of carboxylic acid groups (broad SMARTS) is 1. The number of phenolic OH excluding ortho intramolecular Hbond substituents is 1. The molecule has 5 unspecified atom stereocenters. The van der Waals surface area contributed by atoms with Gasteiger partial charge >= 0.3 is 11.9 Å². The van der Waals surface area contributed by atoms with Crippen molar-refractivity contribution in [2.45, 2.75) is 37.1 Å². The van der Waals surface area contributed by atoms with E-state index in [-0.39, 0.29) is 22.2 Å². The molecule has 1 saturated heterocycles. The summed E-state index contributed by atoms with van der Waals surface area (Å²) in [6, 6.07) is 9.14. The van der Waals surface area contributed by atoms with Crippen molar-refractivity contribution in [1.82, 2.24) is 0 Å². The summed E-state index contributed by atoms with van der Waals surface area (Å²) in [6.07, 6.45) is -9.67. The van der Waals surface area contributed by atoms with Crippen molar-refractivity contribution in [3.8, 4) is 5.75 Å². The number of carboxylic acids is 1. The number of aliphatic hydroxyl groups is 3. The van der Waals surface area contributed by atoms with E-state index in [1.807, 2.05) is 0 Å². The highest BCUT2D eigenvalue weighted by Crippen LogP contribution is 2.37. The van der Waals surface area contributed by atoms with Gasteiger partial charge < -0.3 is 40.3 Å². The van der Waals surface area contributed by atoms with Gasteiger partial charge in [-0.2, -0.15) is 0 Å². The molecule has 3 rings (SSSR count). The maximum absolute atomic E-state index is 12.5. The number of anilines is 2. The lowest BCUT2D eigenvalue weighted by Crippen LogP contribution is -2.60. The Bertz CT molecular complexity index is 995. The summed E-state index contributed by atoms with van der Waals surface area (Å²) in [4.78, 5) is 23.6. The normalized spacial score (nSPS) is 25.2. The first-order valence-electron chi connectivity index (χ1n) is 9.23. The molecule has 10 nitrogen and oxygen atoms in total. The zero-order valence-electron chi connectivity index (χ0n) is 16.2. The predicted octanol–water partition coefficient (Wildman–Crippen LogP) is 1.42. The van der Waals surface area contributed by atoms with Crippen molar-refractivity contribution in [2.24, 2.45) is 0 Å². The Balaban J connectivity index is 1.74. The molecule has 1 aliphatic rings. The summed E-state index contributed by atoms with van der Waals surface area (Å²) in [5.74, 6) is -2.62. The van der Waals surface area contributed by atoms with Gasteiger partial charge in [-0.15, -0.1) is 0 Å². The predicted molar refractivity (Wildman–Crippen MR) is 112 cm³/mol. The highest BCUT2D eigenvalue weighted by Gasteiger charge is 2.48. The van der Waals surface area contributed by atoms with Gasteiger partial charge in [0.05, 0.1) is 22.2 Å². The van der Waals surface area contributed by atoms with E-state index in [1.54, 1.807) is 24.3 Å². The molecule has 0 aliphatic carbocycles. The number of phenols is 1. The Hall–Kier alpha value is -2.60. The number of aliphatic carboxylic acids is 1. The van der Waals surface area contributed by atoms with E-state index < -0.39 is 42.6 Å². The van der Waals surface area contributed by atoms with Crippen molar-refractivity contribution in [2.75, 3.05) is 5.32 Å². The van der Waals surface area contributed by atoms with Crippen LogP contribution in [0, 0.1) is 0 Å². The first-order valence-corrected chi connectivity index (χ1v) is 9.99. The lowest BCUT2D eigenvalue weighted by molar-refractivity contribution is -0.286. The van der Waals surface area contributed by atoms with Crippen LogP contribution in [0.3, 0.4) is 0 Å². The maximum Gasteiger partial charge on any atom is 0.335 e. The third-order valence-electron chi connectivity index (χ3n) is 4.70. The quantitative estimate of drug-likeness (QED) is 0.259. The largest absolute Gasteiger partial charge is 0.508 e. The number of nitrogens with one attached hydrogen (secondary N) is 1. The molecular formula is C20H19Cl2NO9. The number of halogens is 2. The number of benzene rings is 2. The highest BCUT2D eigenvalue weighted by molar-refractivity contribution is 6.39. The van der Waals surface area contributed by atoms with Crippen molar-refractivity contribution in [1.29, 1.82) is 0 Å². The third-order valence-corrected chi connectivity index (χ3v) is 5.30. The van der Waals surface area contributed by atoms with Gasteiger partial charge in [-0.05, 0) is 11.6 Å². The maximum atomic E-state index is 12.5. The second-order valence-corrected chi connectivity index (χ2v) is 7.78. The van der Waals surface area contributed by atoms with E-state index in [9.17, 15) is 30.0 Å². The number of aliphatic hydroxyl groups excluding tert-OH is 3. The molecule has 0 amide bonds. The Morgan fingerprint density at radius 2 is 1.66 bits per heavy atom. The summed E-state index contributed by atoms with van der Waals surface area (Å²) >= 11 is 12.2. The third kappa shape index (κ3) is 5.23. The van der Waals surface area contributed by atoms with Gasteiger partial charge in [0, 0.05) is 17.8 Å². The van der Waals surface area contributed by atoms with Crippen molar-refractivity contribution < 1.29 is 44.6 Å². The van der Waals surface area contributed by atoms with Gasteiger partial charge in [-0.3, -0.25) is 4.79 Å². The van der Waals surface area contributed by atoms with Crippen LogP contribution >= 0.6 is 23.2 Å². The van der Waals surface area contributed by atoms with Crippen LogP contribution in [0.4, 0.5) is 11.4 Å². The van der Waals surface area contributed by atoms with Gasteiger partial charge in [0.1, 0.15) is 24.1 Å². The molecule has 2 aromatic rings. The standard InChI is InChI=1S/C20H19Cl2NO9/c21-10-6-9(24)7-11(22)14(10)23-12-4-2-1-3-8(12)5-13(25)31-20-17(28)15(26)16(27)18(32-20)19(29)30/h1-4,6-7,15-18,20,23-24,26-28H,5H2,(H,29,30). The van der Waals surface area contributed by atoms with Crippen molar-refractivity contribution in [3.63, 3.8) is 0 Å². The van der Waals surface area contributed by atoms with Crippen LogP contribution in [-0.2, 0) is 25.5 Å². The second kappa shape index (κ2) is 9.90. The summed E-state index contributed by atoms with van der Waals surface area (Å²) < 4.78 is 9.96. The van der Waals surface area contributed by atoms with E-state index in [2.05, 4.69) is 5.32 Å².